The van der Waals surface area contributed by atoms with E-state index < -0.39 is 0 Å². The van der Waals surface area contributed by atoms with Crippen LogP contribution in [-0.2, 0) is 4.79 Å². The Morgan fingerprint density at radius 1 is 1.04 bits per heavy atom. The molecule has 0 aliphatic carbocycles. The number of anilines is 1. The minimum Gasteiger partial charge on any atom is -0.493 e. The fraction of sp³-hybridized carbons (Fsp3) is 0.200. The normalized spacial score (nSPS) is 16.2. The number of carbonyl (C=O) groups excluding carboxylic acids is 1. The third-order valence-corrected chi connectivity index (χ3v) is 4.57. The van der Waals surface area contributed by atoms with Crippen molar-refractivity contribution in [3.63, 3.8) is 0 Å². The maximum absolute atomic E-state index is 12.2. The van der Waals surface area contributed by atoms with Crippen LogP contribution in [-0.4, -0.2) is 25.1 Å². The van der Waals surface area contributed by atoms with E-state index in [1.165, 1.54) is 0 Å². The second-order valence-corrected chi connectivity index (χ2v) is 6.03. The van der Waals surface area contributed by atoms with Gasteiger partial charge in [0.2, 0.25) is 5.91 Å². The van der Waals surface area contributed by atoms with Crippen molar-refractivity contribution >= 4 is 22.5 Å². The molecule has 1 unspecified atom stereocenters. The maximum Gasteiger partial charge on any atom is 0.225 e. The molecule has 5 heteroatoms. The molecule has 1 aliphatic rings. The summed E-state index contributed by atoms with van der Waals surface area (Å²) in [5.74, 6) is 1.09. The third kappa shape index (κ3) is 2.67. The highest BCUT2D eigenvalue weighted by Gasteiger charge is 2.29. The van der Waals surface area contributed by atoms with E-state index in [2.05, 4.69) is 5.32 Å². The molecule has 126 valence electrons. The second-order valence-electron chi connectivity index (χ2n) is 6.03. The number of benzene rings is 2. The van der Waals surface area contributed by atoms with Crippen LogP contribution in [0.1, 0.15) is 23.6 Å². The first-order valence-electron chi connectivity index (χ1n) is 8.11. The highest BCUT2D eigenvalue weighted by Crippen LogP contribution is 2.42. The molecular weight excluding hydrogens is 316 g/mol. The van der Waals surface area contributed by atoms with Gasteiger partial charge in [0.1, 0.15) is 0 Å². The van der Waals surface area contributed by atoms with Gasteiger partial charge in [0.15, 0.2) is 11.5 Å². The van der Waals surface area contributed by atoms with Crippen LogP contribution in [0.25, 0.3) is 10.9 Å². The van der Waals surface area contributed by atoms with Gasteiger partial charge >= 0.3 is 0 Å². The zero-order chi connectivity index (χ0) is 17.4. The number of rotatable bonds is 3. The van der Waals surface area contributed by atoms with Crippen molar-refractivity contribution in [2.24, 2.45) is 0 Å². The predicted molar refractivity (Wildman–Crippen MR) is 96.4 cm³/mol. The van der Waals surface area contributed by atoms with Crippen LogP contribution in [0.2, 0.25) is 0 Å². The second kappa shape index (κ2) is 6.09. The molecule has 1 N–H and O–H groups in total. The number of hydrogen-bond acceptors (Lipinski definition) is 4. The van der Waals surface area contributed by atoms with E-state index in [9.17, 15) is 4.79 Å². The molecule has 2 aromatic carbocycles. The predicted octanol–water partition coefficient (Wildman–Crippen LogP) is 3.73. The van der Waals surface area contributed by atoms with Gasteiger partial charge < -0.3 is 14.8 Å². The summed E-state index contributed by atoms with van der Waals surface area (Å²) in [6.07, 6.45) is 0.355. The Hall–Kier alpha value is -3.08. The number of carbonyl (C=O) groups is 1. The van der Waals surface area contributed by atoms with Crippen LogP contribution < -0.4 is 14.8 Å². The lowest BCUT2D eigenvalue weighted by molar-refractivity contribution is -0.116. The summed E-state index contributed by atoms with van der Waals surface area (Å²) in [6.45, 7) is 0. The zero-order valence-electron chi connectivity index (χ0n) is 14.1. The molecule has 5 nitrogen and oxygen atoms in total. The Morgan fingerprint density at radius 3 is 2.60 bits per heavy atom. The quantitative estimate of drug-likeness (QED) is 0.793. The summed E-state index contributed by atoms with van der Waals surface area (Å²) >= 11 is 0. The first-order valence-corrected chi connectivity index (χ1v) is 8.11. The molecule has 0 spiro atoms. The summed E-state index contributed by atoms with van der Waals surface area (Å²) < 4.78 is 10.8. The Labute approximate surface area is 145 Å². The number of ether oxygens (including phenoxy) is 2. The Morgan fingerprint density at radius 2 is 1.80 bits per heavy atom. The lowest BCUT2D eigenvalue weighted by Gasteiger charge is -2.26. The van der Waals surface area contributed by atoms with Gasteiger partial charge in [-0.2, -0.15) is 0 Å². The molecule has 2 heterocycles. The molecule has 4 rings (SSSR count). The third-order valence-electron chi connectivity index (χ3n) is 4.57. The molecule has 1 amide bonds. The van der Waals surface area contributed by atoms with E-state index in [0.29, 0.717) is 17.9 Å². The number of nitrogens with one attached hydrogen (secondary N) is 1. The van der Waals surface area contributed by atoms with Gasteiger partial charge in [-0.15, -0.1) is 0 Å². The summed E-state index contributed by atoms with van der Waals surface area (Å²) in [7, 11) is 3.19. The van der Waals surface area contributed by atoms with Crippen molar-refractivity contribution < 1.29 is 14.3 Å². The monoisotopic (exact) mass is 334 g/mol. The molecule has 1 atom stereocenters. The van der Waals surface area contributed by atoms with Crippen LogP contribution in [0.5, 0.6) is 11.5 Å². The number of aromatic nitrogens is 1. The molecule has 1 aromatic heterocycles. The van der Waals surface area contributed by atoms with Crippen molar-refractivity contribution in [2.75, 3.05) is 19.5 Å². The van der Waals surface area contributed by atoms with Crippen molar-refractivity contribution in [1.29, 1.82) is 0 Å². The van der Waals surface area contributed by atoms with Crippen LogP contribution >= 0.6 is 0 Å². The molecule has 3 aromatic rings. The number of nitrogens with zero attached hydrogens (tertiary/aromatic N) is 1. The van der Waals surface area contributed by atoms with Crippen molar-refractivity contribution in [3.05, 3.63) is 59.8 Å². The van der Waals surface area contributed by atoms with E-state index in [1.807, 2.05) is 42.5 Å². The lowest BCUT2D eigenvalue weighted by Crippen LogP contribution is -2.24. The number of pyridine rings is 1. The van der Waals surface area contributed by atoms with Gasteiger partial charge in [-0.3, -0.25) is 9.78 Å². The first kappa shape index (κ1) is 15.4. The molecule has 0 saturated heterocycles. The SMILES string of the molecule is COc1cc2c(cc1OC)C(c1ccc3ccccc3n1)CC(=O)N2. The highest BCUT2D eigenvalue weighted by atomic mass is 16.5. The molecule has 25 heavy (non-hydrogen) atoms. The van der Waals surface area contributed by atoms with Crippen molar-refractivity contribution in [3.8, 4) is 11.5 Å². The van der Waals surface area contributed by atoms with Crippen molar-refractivity contribution in [1.82, 2.24) is 4.98 Å². The average molecular weight is 334 g/mol. The Bertz CT molecular complexity index is 968. The van der Waals surface area contributed by atoms with Gasteiger partial charge in [0.05, 0.1) is 19.7 Å². The number of fused-ring (bicyclic) bond motifs is 2. The maximum atomic E-state index is 12.2. The standard InChI is InChI=1S/C20H18N2O3/c1-24-18-9-13-14(10-20(23)22-17(13)11-19(18)25-2)16-8-7-12-5-3-4-6-15(12)21-16/h3-9,11,14H,10H2,1-2H3,(H,22,23). The topological polar surface area (TPSA) is 60.5 Å². The Kier molecular flexibility index (Phi) is 3.76. The minimum absolute atomic E-state index is 0.0281. The van der Waals surface area contributed by atoms with E-state index in [1.54, 1.807) is 20.3 Å². The summed E-state index contributed by atoms with van der Waals surface area (Å²) in [4.78, 5) is 17.0. The number of para-hydroxylation sites is 1. The molecule has 0 fully saturated rings. The van der Waals surface area contributed by atoms with Gasteiger partial charge in [-0.05, 0) is 23.8 Å². The molecular formula is C20H18N2O3. The van der Waals surface area contributed by atoms with E-state index in [0.717, 1.165) is 27.8 Å². The largest absolute Gasteiger partial charge is 0.493 e. The van der Waals surface area contributed by atoms with Gasteiger partial charge in [-0.25, -0.2) is 0 Å². The van der Waals surface area contributed by atoms with Crippen LogP contribution in [0, 0.1) is 0 Å². The summed E-state index contributed by atoms with van der Waals surface area (Å²) in [6, 6.07) is 15.7. The van der Waals surface area contributed by atoms with Crippen molar-refractivity contribution in [2.45, 2.75) is 12.3 Å². The van der Waals surface area contributed by atoms with Gasteiger partial charge in [0, 0.05) is 35.2 Å². The van der Waals surface area contributed by atoms with E-state index >= 15 is 0 Å². The molecule has 0 radical (unpaired) electrons. The summed E-state index contributed by atoms with van der Waals surface area (Å²) in [5.41, 5.74) is 3.53. The van der Waals surface area contributed by atoms with Gasteiger partial charge in [0.25, 0.3) is 0 Å². The molecule has 1 aliphatic heterocycles. The molecule has 0 saturated carbocycles. The molecule has 0 bridgehead atoms. The Balaban J connectivity index is 1.86. The zero-order valence-corrected chi connectivity index (χ0v) is 14.1. The summed E-state index contributed by atoms with van der Waals surface area (Å²) in [5, 5.41) is 4.00. The van der Waals surface area contributed by atoms with E-state index in [4.69, 9.17) is 14.5 Å². The average Bonchev–Trinajstić information content (AvgIpc) is 2.65. The van der Waals surface area contributed by atoms with E-state index in [-0.39, 0.29) is 11.8 Å². The number of hydrogen-bond donors (Lipinski definition) is 1. The van der Waals surface area contributed by atoms with Gasteiger partial charge in [-0.1, -0.05) is 24.3 Å². The minimum atomic E-state index is -0.117. The number of methoxy groups -OCH3 is 2. The first-order chi connectivity index (χ1) is 12.2. The number of amides is 1. The highest BCUT2D eigenvalue weighted by molar-refractivity contribution is 5.96. The fourth-order valence-electron chi connectivity index (χ4n) is 3.33. The fourth-order valence-corrected chi connectivity index (χ4v) is 3.33. The van der Waals surface area contributed by atoms with Crippen LogP contribution in [0.3, 0.4) is 0 Å². The van der Waals surface area contributed by atoms with Crippen LogP contribution in [0.4, 0.5) is 5.69 Å². The van der Waals surface area contributed by atoms with Crippen LogP contribution in [0.15, 0.2) is 48.5 Å². The smallest absolute Gasteiger partial charge is 0.225 e. The lowest BCUT2D eigenvalue weighted by atomic mass is 9.87.